The predicted octanol–water partition coefficient (Wildman–Crippen LogP) is 4.63. The van der Waals surface area contributed by atoms with Crippen molar-refractivity contribution in [2.75, 3.05) is 5.73 Å². The highest BCUT2D eigenvalue weighted by Gasteiger charge is 2.33. The van der Waals surface area contributed by atoms with Crippen molar-refractivity contribution in [3.05, 3.63) is 58.1 Å². The van der Waals surface area contributed by atoms with Gasteiger partial charge >= 0.3 is 6.18 Å². The molecule has 0 spiro atoms. The Balaban J connectivity index is 2.12. The number of halogens is 4. The summed E-state index contributed by atoms with van der Waals surface area (Å²) in [4.78, 5) is 0. The molecule has 2 aromatic carbocycles. The quantitative estimate of drug-likeness (QED) is 0.823. The second-order valence-corrected chi connectivity index (χ2v) is 5.08. The highest BCUT2D eigenvalue weighted by atomic mass is 79.9. The highest BCUT2D eigenvalue weighted by Crippen LogP contribution is 2.35. The van der Waals surface area contributed by atoms with Crippen molar-refractivity contribution in [2.45, 2.75) is 12.8 Å². The molecule has 0 radical (unpaired) electrons. The predicted molar refractivity (Wildman–Crippen MR) is 74.3 cm³/mol. The van der Waals surface area contributed by atoms with Gasteiger partial charge in [-0.2, -0.15) is 13.2 Å². The molecule has 0 atom stereocenters. The first kappa shape index (κ1) is 14.7. The zero-order valence-electron chi connectivity index (χ0n) is 10.2. The fraction of sp³-hybridized carbons (Fsp3) is 0.143. The highest BCUT2D eigenvalue weighted by molar-refractivity contribution is 9.10. The Morgan fingerprint density at radius 2 is 1.70 bits per heavy atom. The third kappa shape index (κ3) is 3.66. The first-order valence-corrected chi connectivity index (χ1v) is 6.49. The average Bonchev–Trinajstić information content (AvgIpc) is 2.38. The van der Waals surface area contributed by atoms with Crippen LogP contribution in [0, 0.1) is 0 Å². The summed E-state index contributed by atoms with van der Waals surface area (Å²) in [6.45, 7) is 0.189. The van der Waals surface area contributed by atoms with Gasteiger partial charge < -0.3 is 10.5 Å². The van der Waals surface area contributed by atoms with Gasteiger partial charge in [-0.3, -0.25) is 0 Å². The van der Waals surface area contributed by atoms with Gasteiger partial charge in [0.25, 0.3) is 0 Å². The topological polar surface area (TPSA) is 35.2 Å². The summed E-state index contributed by atoms with van der Waals surface area (Å²) < 4.78 is 44.4. The van der Waals surface area contributed by atoms with E-state index >= 15 is 0 Å². The molecule has 2 N–H and O–H groups in total. The van der Waals surface area contributed by atoms with Crippen LogP contribution in [0.3, 0.4) is 0 Å². The summed E-state index contributed by atoms with van der Waals surface area (Å²) in [5, 5.41) is 0. The number of hydrogen-bond donors (Lipinski definition) is 1. The zero-order valence-corrected chi connectivity index (χ0v) is 11.8. The Morgan fingerprint density at radius 1 is 1.05 bits per heavy atom. The summed E-state index contributed by atoms with van der Waals surface area (Å²) >= 11 is 3.30. The largest absolute Gasteiger partial charge is 0.489 e. The van der Waals surface area contributed by atoms with Gasteiger partial charge in [-0.05, 0) is 35.9 Å². The first-order chi connectivity index (χ1) is 9.36. The molecule has 0 aliphatic carbocycles. The lowest BCUT2D eigenvalue weighted by atomic mass is 10.1. The van der Waals surface area contributed by atoms with Crippen molar-refractivity contribution in [2.24, 2.45) is 0 Å². The normalized spacial score (nSPS) is 11.4. The van der Waals surface area contributed by atoms with Gasteiger partial charge in [0, 0.05) is 10.2 Å². The van der Waals surface area contributed by atoms with E-state index in [1.54, 1.807) is 0 Å². The van der Waals surface area contributed by atoms with Crippen molar-refractivity contribution < 1.29 is 17.9 Å². The zero-order chi connectivity index (χ0) is 14.8. The van der Waals surface area contributed by atoms with Crippen LogP contribution < -0.4 is 10.5 Å². The van der Waals surface area contributed by atoms with E-state index in [9.17, 15) is 13.2 Å². The minimum absolute atomic E-state index is 0.134. The molecule has 0 aliphatic heterocycles. The molecule has 0 saturated carbocycles. The Hall–Kier alpha value is -1.69. The summed E-state index contributed by atoms with van der Waals surface area (Å²) in [6, 6.07) is 10.8. The molecular weight excluding hydrogens is 335 g/mol. The molecule has 0 unspecified atom stereocenters. The van der Waals surface area contributed by atoms with Crippen LogP contribution in [-0.2, 0) is 12.8 Å². The van der Waals surface area contributed by atoms with Crippen molar-refractivity contribution in [1.82, 2.24) is 0 Å². The average molecular weight is 346 g/mol. The molecule has 0 fully saturated rings. The van der Waals surface area contributed by atoms with Gasteiger partial charge in [-0.25, -0.2) is 0 Å². The number of rotatable bonds is 3. The van der Waals surface area contributed by atoms with Crippen LogP contribution in [0.4, 0.5) is 18.9 Å². The van der Waals surface area contributed by atoms with Crippen LogP contribution in [0.25, 0.3) is 0 Å². The maximum Gasteiger partial charge on any atom is 0.418 e. The fourth-order valence-electron chi connectivity index (χ4n) is 1.62. The smallest absolute Gasteiger partial charge is 0.418 e. The molecule has 106 valence electrons. The van der Waals surface area contributed by atoms with E-state index in [0.29, 0.717) is 0 Å². The molecule has 0 aromatic heterocycles. The number of alkyl halides is 3. The molecule has 0 aliphatic rings. The second-order valence-electron chi connectivity index (χ2n) is 4.16. The van der Waals surface area contributed by atoms with E-state index in [-0.39, 0.29) is 18.0 Å². The third-order valence-corrected chi connectivity index (χ3v) is 3.18. The first-order valence-electron chi connectivity index (χ1n) is 5.70. The Bertz CT molecular complexity index is 596. The van der Waals surface area contributed by atoms with Crippen molar-refractivity contribution >= 4 is 21.6 Å². The van der Waals surface area contributed by atoms with Crippen LogP contribution in [0.2, 0.25) is 0 Å². The molecule has 0 saturated heterocycles. The van der Waals surface area contributed by atoms with Gasteiger partial charge in [0.2, 0.25) is 0 Å². The minimum Gasteiger partial charge on any atom is -0.489 e. The molecule has 0 bridgehead atoms. The SMILES string of the molecule is Nc1ccc(OCc2ccc(Br)cc2)cc1C(F)(F)F. The van der Waals surface area contributed by atoms with E-state index < -0.39 is 11.7 Å². The van der Waals surface area contributed by atoms with Crippen molar-refractivity contribution in [1.29, 1.82) is 0 Å². The summed E-state index contributed by atoms with van der Waals surface area (Å²) in [7, 11) is 0. The van der Waals surface area contributed by atoms with E-state index in [1.165, 1.54) is 12.1 Å². The van der Waals surface area contributed by atoms with E-state index in [1.807, 2.05) is 24.3 Å². The van der Waals surface area contributed by atoms with Gasteiger partial charge in [0.15, 0.2) is 0 Å². The van der Waals surface area contributed by atoms with Crippen LogP contribution in [-0.4, -0.2) is 0 Å². The number of anilines is 1. The van der Waals surface area contributed by atoms with Crippen LogP contribution in [0.1, 0.15) is 11.1 Å². The summed E-state index contributed by atoms with van der Waals surface area (Å²) in [5.41, 5.74) is 4.98. The number of benzene rings is 2. The Kier molecular flexibility index (Phi) is 4.23. The molecule has 6 heteroatoms. The summed E-state index contributed by atoms with van der Waals surface area (Å²) in [6.07, 6.45) is -4.49. The minimum atomic E-state index is -4.49. The lowest BCUT2D eigenvalue weighted by Crippen LogP contribution is -2.09. The van der Waals surface area contributed by atoms with Crippen LogP contribution in [0.5, 0.6) is 5.75 Å². The van der Waals surface area contributed by atoms with Crippen molar-refractivity contribution in [3.8, 4) is 5.75 Å². The van der Waals surface area contributed by atoms with Gasteiger partial charge in [0.05, 0.1) is 5.56 Å². The van der Waals surface area contributed by atoms with E-state index in [4.69, 9.17) is 10.5 Å². The summed E-state index contributed by atoms with van der Waals surface area (Å²) in [5.74, 6) is 0.134. The lowest BCUT2D eigenvalue weighted by Gasteiger charge is -2.12. The van der Waals surface area contributed by atoms with Gasteiger partial charge in [-0.1, -0.05) is 28.1 Å². The monoisotopic (exact) mass is 345 g/mol. The van der Waals surface area contributed by atoms with Crippen LogP contribution >= 0.6 is 15.9 Å². The Labute approximate surface area is 122 Å². The van der Waals surface area contributed by atoms with E-state index in [0.717, 1.165) is 16.1 Å². The number of hydrogen-bond acceptors (Lipinski definition) is 2. The molecular formula is C14H11BrF3NO. The second kappa shape index (κ2) is 5.75. The van der Waals surface area contributed by atoms with Gasteiger partial charge in [0.1, 0.15) is 12.4 Å². The molecule has 2 aromatic rings. The number of nitrogens with two attached hydrogens (primary N) is 1. The lowest BCUT2D eigenvalue weighted by molar-refractivity contribution is -0.137. The molecule has 20 heavy (non-hydrogen) atoms. The molecule has 2 rings (SSSR count). The third-order valence-electron chi connectivity index (χ3n) is 2.65. The maximum absolute atomic E-state index is 12.7. The Morgan fingerprint density at radius 3 is 2.30 bits per heavy atom. The van der Waals surface area contributed by atoms with Gasteiger partial charge in [-0.15, -0.1) is 0 Å². The van der Waals surface area contributed by atoms with Crippen molar-refractivity contribution in [3.63, 3.8) is 0 Å². The number of nitrogen functional groups attached to an aromatic ring is 1. The standard InChI is InChI=1S/C14H11BrF3NO/c15-10-3-1-9(2-4-10)8-20-11-5-6-13(19)12(7-11)14(16,17)18/h1-7H,8,19H2. The molecule has 0 amide bonds. The van der Waals surface area contributed by atoms with Crippen LogP contribution in [0.15, 0.2) is 46.9 Å². The fourth-order valence-corrected chi connectivity index (χ4v) is 1.88. The molecule has 0 heterocycles. The molecule has 2 nitrogen and oxygen atoms in total. The van der Waals surface area contributed by atoms with E-state index in [2.05, 4.69) is 15.9 Å². The maximum atomic E-state index is 12.7. The number of ether oxygens (including phenoxy) is 1.